The maximum atomic E-state index is 11.0. The van der Waals surface area contributed by atoms with Gasteiger partial charge in [0.15, 0.2) is 11.5 Å². The Balaban J connectivity index is 1.85. The Morgan fingerprint density at radius 3 is 2.75 bits per heavy atom. The quantitative estimate of drug-likeness (QED) is 0.652. The number of nitrogens with one attached hydrogen (secondary N) is 1. The van der Waals surface area contributed by atoms with E-state index in [1.165, 1.54) is 13.2 Å². The number of thiophene rings is 1. The topological polar surface area (TPSA) is 105 Å². The lowest BCUT2D eigenvalue weighted by atomic mass is 10.3. The number of ether oxygens (including phenoxy) is 1. The summed E-state index contributed by atoms with van der Waals surface area (Å²) in [5.74, 6) is -0.257. The van der Waals surface area contributed by atoms with Crippen LogP contribution in [0.15, 0.2) is 42.6 Å². The highest BCUT2D eigenvalue weighted by molar-refractivity contribution is 7.17. The van der Waals surface area contributed by atoms with Gasteiger partial charge in [-0.15, -0.1) is 11.3 Å². The van der Waals surface area contributed by atoms with E-state index in [4.69, 9.17) is 9.84 Å². The summed E-state index contributed by atoms with van der Waals surface area (Å²) in [5, 5.41) is 21.8. The van der Waals surface area contributed by atoms with E-state index in [0.29, 0.717) is 23.1 Å². The Morgan fingerprint density at radius 1 is 1.25 bits per heavy atom. The molecule has 0 saturated heterocycles. The van der Waals surface area contributed by atoms with Crippen molar-refractivity contribution in [2.45, 2.75) is 0 Å². The van der Waals surface area contributed by atoms with Crippen molar-refractivity contribution >= 4 is 28.9 Å². The molecule has 0 saturated carbocycles. The van der Waals surface area contributed by atoms with E-state index in [-0.39, 0.29) is 10.6 Å². The molecule has 0 atom stereocenters. The molecule has 24 heavy (non-hydrogen) atoms. The van der Waals surface area contributed by atoms with Crippen LogP contribution in [0, 0.1) is 0 Å². The first kappa shape index (κ1) is 15.8. The summed E-state index contributed by atoms with van der Waals surface area (Å²) in [6.07, 6.45) is 1.58. The van der Waals surface area contributed by atoms with Gasteiger partial charge in [0.25, 0.3) is 0 Å². The number of phenolic OH excluding ortho intramolecular Hbond substituents is 1. The van der Waals surface area contributed by atoms with Gasteiger partial charge in [-0.2, -0.15) is 0 Å². The smallest absolute Gasteiger partial charge is 0.345 e. The lowest BCUT2D eigenvalue weighted by molar-refractivity contribution is 0.0702. The number of phenols is 1. The summed E-state index contributed by atoms with van der Waals surface area (Å²) in [4.78, 5) is 20.4. The number of hydrogen-bond acceptors (Lipinski definition) is 7. The minimum Gasteiger partial charge on any atom is -0.504 e. The van der Waals surface area contributed by atoms with Crippen LogP contribution in [0.25, 0.3) is 10.6 Å². The predicted octanol–water partition coefficient (Wildman–Crippen LogP) is 3.36. The predicted molar refractivity (Wildman–Crippen MR) is 90.2 cm³/mol. The first-order valence-electron chi connectivity index (χ1n) is 6.87. The molecule has 2 aromatic heterocycles. The van der Waals surface area contributed by atoms with Crippen LogP contribution in [0.3, 0.4) is 0 Å². The third-order valence-corrected chi connectivity index (χ3v) is 4.26. The highest BCUT2D eigenvalue weighted by Gasteiger charge is 2.10. The van der Waals surface area contributed by atoms with E-state index in [1.807, 2.05) is 0 Å². The van der Waals surface area contributed by atoms with Gasteiger partial charge in [-0.3, -0.25) is 0 Å². The van der Waals surface area contributed by atoms with E-state index in [9.17, 15) is 9.90 Å². The molecule has 3 N–H and O–H groups in total. The second-order valence-corrected chi connectivity index (χ2v) is 5.83. The lowest BCUT2D eigenvalue weighted by Crippen LogP contribution is -1.97. The van der Waals surface area contributed by atoms with Crippen molar-refractivity contribution in [2.75, 3.05) is 12.4 Å². The third kappa shape index (κ3) is 3.28. The minimum atomic E-state index is -0.965. The van der Waals surface area contributed by atoms with Crippen molar-refractivity contribution < 1.29 is 19.7 Å². The summed E-state index contributed by atoms with van der Waals surface area (Å²) in [6, 6.07) is 9.80. The van der Waals surface area contributed by atoms with Crippen LogP contribution >= 0.6 is 11.3 Å². The molecule has 0 fully saturated rings. The number of anilines is 2. The molecule has 0 aliphatic carbocycles. The average molecular weight is 343 g/mol. The van der Waals surface area contributed by atoms with Gasteiger partial charge in [-0.05, 0) is 30.3 Å². The molecule has 7 nitrogen and oxygen atoms in total. The van der Waals surface area contributed by atoms with Crippen LogP contribution in [0.4, 0.5) is 11.6 Å². The van der Waals surface area contributed by atoms with Crippen molar-refractivity contribution in [3.8, 4) is 22.1 Å². The molecular weight excluding hydrogens is 330 g/mol. The normalized spacial score (nSPS) is 10.4. The fraction of sp³-hybridized carbons (Fsp3) is 0.0625. The molecule has 2 heterocycles. The summed E-state index contributed by atoms with van der Waals surface area (Å²) >= 11 is 1.14. The summed E-state index contributed by atoms with van der Waals surface area (Å²) in [5.41, 5.74) is 1.21. The maximum absolute atomic E-state index is 11.0. The lowest BCUT2D eigenvalue weighted by Gasteiger charge is -2.08. The summed E-state index contributed by atoms with van der Waals surface area (Å²) < 4.78 is 4.99. The molecule has 0 amide bonds. The minimum absolute atomic E-state index is 0.00279. The number of aromatic carboxylic acids is 1. The van der Waals surface area contributed by atoms with Crippen molar-refractivity contribution in [3.63, 3.8) is 0 Å². The number of carboxylic acids is 1. The average Bonchev–Trinajstić information content (AvgIpc) is 3.06. The Bertz CT molecular complexity index is 895. The standard InChI is InChI=1S/C16H13N3O4S/c1-23-12-3-2-9(8-11(12)20)18-16-17-7-6-10(19-16)13-4-5-14(24-13)15(21)22/h2-8,20H,1H3,(H,21,22)(H,17,18,19). The molecule has 122 valence electrons. The number of carbonyl (C=O) groups is 1. The SMILES string of the molecule is COc1ccc(Nc2nccc(-c3ccc(C(=O)O)s3)n2)cc1O. The molecule has 1 aromatic carbocycles. The second-order valence-electron chi connectivity index (χ2n) is 4.75. The molecule has 0 aliphatic rings. The highest BCUT2D eigenvalue weighted by Crippen LogP contribution is 2.30. The Morgan fingerprint density at radius 2 is 2.08 bits per heavy atom. The van der Waals surface area contributed by atoms with Gasteiger partial charge in [0.2, 0.25) is 5.95 Å². The van der Waals surface area contributed by atoms with Gasteiger partial charge in [0.05, 0.1) is 17.7 Å². The number of methoxy groups -OCH3 is 1. The van der Waals surface area contributed by atoms with Crippen molar-refractivity contribution in [2.24, 2.45) is 0 Å². The number of aromatic nitrogens is 2. The molecule has 3 aromatic rings. The largest absolute Gasteiger partial charge is 0.504 e. The van der Waals surface area contributed by atoms with Crippen molar-refractivity contribution in [3.05, 3.63) is 47.5 Å². The second kappa shape index (κ2) is 6.55. The van der Waals surface area contributed by atoms with Crippen LogP contribution in [0.5, 0.6) is 11.5 Å². The van der Waals surface area contributed by atoms with Gasteiger partial charge in [0.1, 0.15) is 4.88 Å². The van der Waals surface area contributed by atoms with Crippen LogP contribution in [-0.4, -0.2) is 33.3 Å². The number of hydrogen-bond donors (Lipinski definition) is 3. The van der Waals surface area contributed by atoms with Gasteiger partial charge < -0.3 is 20.3 Å². The van der Waals surface area contributed by atoms with Crippen LogP contribution < -0.4 is 10.1 Å². The van der Waals surface area contributed by atoms with Crippen molar-refractivity contribution in [1.82, 2.24) is 9.97 Å². The van der Waals surface area contributed by atoms with Gasteiger partial charge in [-0.1, -0.05) is 0 Å². The molecule has 0 spiro atoms. The fourth-order valence-corrected chi connectivity index (χ4v) is 2.86. The van der Waals surface area contributed by atoms with E-state index >= 15 is 0 Å². The number of rotatable bonds is 5. The number of aromatic hydroxyl groups is 1. The molecule has 0 bridgehead atoms. The Labute approximate surface area is 141 Å². The Hall–Kier alpha value is -3.13. The van der Waals surface area contributed by atoms with Crippen LogP contribution in [-0.2, 0) is 0 Å². The zero-order valence-electron chi connectivity index (χ0n) is 12.6. The first-order chi connectivity index (χ1) is 11.6. The zero-order valence-corrected chi connectivity index (χ0v) is 13.4. The zero-order chi connectivity index (χ0) is 17.1. The number of nitrogens with zero attached hydrogens (tertiary/aromatic N) is 2. The summed E-state index contributed by atoms with van der Waals surface area (Å²) in [7, 11) is 1.47. The summed E-state index contributed by atoms with van der Waals surface area (Å²) in [6.45, 7) is 0. The van der Waals surface area contributed by atoms with E-state index in [0.717, 1.165) is 16.2 Å². The fourth-order valence-electron chi connectivity index (χ4n) is 2.04. The maximum Gasteiger partial charge on any atom is 0.345 e. The van der Waals surface area contributed by atoms with Gasteiger partial charge in [-0.25, -0.2) is 14.8 Å². The van der Waals surface area contributed by atoms with Gasteiger partial charge >= 0.3 is 5.97 Å². The number of carboxylic acid groups (broad SMARTS) is 1. The van der Waals surface area contributed by atoms with Gasteiger partial charge in [0, 0.05) is 18.0 Å². The van der Waals surface area contributed by atoms with Crippen LogP contribution in [0.2, 0.25) is 0 Å². The van der Waals surface area contributed by atoms with E-state index in [2.05, 4.69) is 15.3 Å². The van der Waals surface area contributed by atoms with Crippen molar-refractivity contribution in [1.29, 1.82) is 0 Å². The molecule has 0 radical (unpaired) electrons. The monoisotopic (exact) mass is 343 g/mol. The molecular formula is C16H13N3O4S. The van der Waals surface area contributed by atoms with Crippen LogP contribution in [0.1, 0.15) is 9.67 Å². The van der Waals surface area contributed by atoms with E-state index < -0.39 is 5.97 Å². The number of benzene rings is 1. The first-order valence-corrected chi connectivity index (χ1v) is 7.69. The molecule has 8 heteroatoms. The van der Waals surface area contributed by atoms with E-state index in [1.54, 1.807) is 36.5 Å². The molecule has 3 rings (SSSR count). The molecule has 0 aliphatic heterocycles. The third-order valence-electron chi connectivity index (χ3n) is 3.16. The highest BCUT2D eigenvalue weighted by atomic mass is 32.1. The molecule has 0 unspecified atom stereocenters. The Kier molecular flexibility index (Phi) is 4.30.